The third-order valence-electron chi connectivity index (χ3n) is 1.92. The van der Waals surface area contributed by atoms with E-state index < -0.39 is 0 Å². The van der Waals surface area contributed by atoms with Gasteiger partial charge in [-0.25, -0.2) is 0 Å². The van der Waals surface area contributed by atoms with Gasteiger partial charge in [0.2, 0.25) is 0 Å². The molecule has 1 rings (SSSR count). The highest BCUT2D eigenvalue weighted by molar-refractivity contribution is 4.77. The molecule has 76 valence electrons. The molecule has 3 nitrogen and oxygen atoms in total. The van der Waals surface area contributed by atoms with Gasteiger partial charge in [-0.1, -0.05) is 0 Å². The maximum absolute atomic E-state index is 5.71. The van der Waals surface area contributed by atoms with E-state index in [0.717, 1.165) is 32.7 Å². The first-order valence-corrected chi connectivity index (χ1v) is 3.80. The Balaban J connectivity index is 0. The molecule has 0 spiro atoms. The van der Waals surface area contributed by atoms with Gasteiger partial charge in [-0.2, -0.15) is 0 Å². The van der Waals surface area contributed by atoms with Gasteiger partial charge in [0.05, 0.1) is 6.61 Å². The molecule has 0 bridgehead atoms. The summed E-state index contributed by atoms with van der Waals surface area (Å²) in [5.41, 5.74) is 5.71. The van der Waals surface area contributed by atoms with E-state index in [1.807, 2.05) is 0 Å². The van der Waals surface area contributed by atoms with Gasteiger partial charge in [0.15, 0.2) is 0 Å². The van der Waals surface area contributed by atoms with E-state index >= 15 is 0 Å². The molecule has 0 aromatic carbocycles. The van der Waals surface area contributed by atoms with Crippen molar-refractivity contribution in [3.05, 3.63) is 0 Å². The Hall–Kier alpha value is 0.840. The van der Waals surface area contributed by atoms with E-state index in [0.29, 0.717) is 6.04 Å². The first-order chi connectivity index (χ1) is 4.83. The summed E-state index contributed by atoms with van der Waals surface area (Å²) in [6.07, 6.45) is 1.14. The first-order valence-electron chi connectivity index (χ1n) is 3.80. The summed E-state index contributed by atoms with van der Waals surface area (Å²) in [5, 5.41) is 0. The fraction of sp³-hybridized carbons (Fsp3) is 1.00. The van der Waals surface area contributed by atoms with E-state index in [4.69, 9.17) is 10.5 Å². The van der Waals surface area contributed by atoms with Crippen LogP contribution >= 0.6 is 0 Å². The van der Waals surface area contributed by atoms with Gasteiger partial charge < -0.3 is 44.4 Å². The number of nitrogens with zero attached hydrogens (tertiary/aromatic N) is 1. The SMILES string of the molecule is COCCN1CCC(N)C1.[Br-].[Br-]. The van der Waals surface area contributed by atoms with Gasteiger partial charge in [0, 0.05) is 26.2 Å². The van der Waals surface area contributed by atoms with E-state index in [1.54, 1.807) is 7.11 Å². The first kappa shape index (κ1) is 15.3. The van der Waals surface area contributed by atoms with Crippen molar-refractivity contribution in [1.29, 1.82) is 0 Å². The number of methoxy groups -OCH3 is 1. The smallest absolute Gasteiger partial charge is 0.0589 e. The normalized spacial score (nSPS) is 23.0. The Morgan fingerprint density at radius 2 is 2.17 bits per heavy atom. The number of hydrogen-bond acceptors (Lipinski definition) is 3. The summed E-state index contributed by atoms with van der Waals surface area (Å²) in [7, 11) is 1.73. The van der Waals surface area contributed by atoms with Crippen molar-refractivity contribution in [2.75, 3.05) is 33.4 Å². The molecular formula is C7H16Br2N2O-2. The molecule has 12 heavy (non-hydrogen) atoms. The van der Waals surface area contributed by atoms with Gasteiger partial charge in [0.25, 0.3) is 0 Å². The molecule has 1 fully saturated rings. The number of nitrogens with two attached hydrogens (primary N) is 1. The van der Waals surface area contributed by atoms with Crippen LogP contribution in [0.3, 0.4) is 0 Å². The number of hydrogen-bond donors (Lipinski definition) is 1. The van der Waals surface area contributed by atoms with Crippen LogP contribution in [0.1, 0.15) is 6.42 Å². The molecule has 0 aromatic rings. The Bertz CT molecular complexity index is 105. The van der Waals surface area contributed by atoms with Gasteiger partial charge in [-0.15, -0.1) is 0 Å². The van der Waals surface area contributed by atoms with Crippen molar-refractivity contribution in [2.24, 2.45) is 5.73 Å². The van der Waals surface area contributed by atoms with Crippen molar-refractivity contribution >= 4 is 0 Å². The molecule has 1 heterocycles. The van der Waals surface area contributed by atoms with E-state index in [9.17, 15) is 0 Å². The van der Waals surface area contributed by atoms with E-state index in [1.165, 1.54) is 0 Å². The molecule has 1 aliphatic heterocycles. The zero-order chi connectivity index (χ0) is 7.40. The van der Waals surface area contributed by atoms with Crippen LogP contribution in [-0.2, 0) is 4.74 Å². The lowest BCUT2D eigenvalue weighted by Crippen LogP contribution is -3.00. The molecule has 0 saturated carbocycles. The van der Waals surface area contributed by atoms with Crippen molar-refractivity contribution in [3.63, 3.8) is 0 Å². The molecule has 2 N–H and O–H groups in total. The maximum atomic E-state index is 5.71. The van der Waals surface area contributed by atoms with Crippen LogP contribution in [0.5, 0.6) is 0 Å². The summed E-state index contributed by atoms with van der Waals surface area (Å²) in [6.45, 7) is 4.05. The predicted octanol–water partition coefficient (Wildman–Crippen LogP) is -6.33. The second kappa shape index (κ2) is 8.44. The van der Waals surface area contributed by atoms with Crippen LogP contribution in [0.2, 0.25) is 0 Å². The van der Waals surface area contributed by atoms with E-state index in [2.05, 4.69) is 4.90 Å². The largest absolute Gasteiger partial charge is 1.00 e. The molecule has 5 heteroatoms. The van der Waals surface area contributed by atoms with Crippen molar-refractivity contribution in [2.45, 2.75) is 12.5 Å². The predicted molar refractivity (Wildman–Crippen MR) is 40.9 cm³/mol. The quantitative estimate of drug-likeness (QED) is 0.564. The minimum atomic E-state index is 0. The van der Waals surface area contributed by atoms with Gasteiger partial charge in [-0.05, 0) is 13.0 Å². The zero-order valence-corrected chi connectivity index (χ0v) is 10.5. The lowest BCUT2D eigenvalue weighted by molar-refractivity contribution is -0.00100. The lowest BCUT2D eigenvalue weighted by Gasteiger charge is -2.13. The number of ether oxygens (including phenoxy) is 1. The molecule has 0 aliphatic carbocycles. The third kappa shape index (κ3) is 5.48. The molecule has 1 aliphatic rings. The minimum absolute atomic E-state index is 0. The molecule has 0 amide bonds. The average molecular weight is 304 g/mol. The van der Waals surface area contributed by atoms with Gasteiger partial charge in [-0.3, -0.25) is 4.90 Å². The third-order valence-corrected chi connectivity index (χ3v) is 1.92. The molecule has 1 saturated heterocycles. The fourth-order valence-electron chi connectivity index (χ4n) is 1.29. The monoisotopic (exact) mass is 302 g/mol. The van der Waals surface area contributed by atoms with Crippen LogP contribution in [0.4, 0.5) is 0 Å². The number of halogens is 2. The Labute approximate surface area is 95.2 Å². The Kier molecular flexibility index (Phi) is 10.8. The molecule has 0 aromatic heterocycles. The molecule has 1 unspecified atom stereocenters. The van der Waals surface area contributed by atoms with Gasteiger partial charge in [0.1, 0.15) is 0 Å². The number of rotatable bonds is 3. The molecular weight excluding hydrogens is 288 g/mol. The van der Waals surface area contributed by atoms with Crippen LogP contribution in [0.15, 0.2) is 0 Å². The minimum Gasteiger partial charge on any atom is -1.00 e. The van der Waals surface area contributed by atoms with Crippen LogP contribution < -0.4 is 39.7 Å². The van der Waals surface area contributed by atoms with Gasteiger partial charge >= 0.3 is 0 Å². The second-order valence-electron chi connectivity index (χ2n) is 2.84. The summed E-state index contributed by atoms with van der Waals surface area (Å²) in [4.78, 5) is 2.34. The van der Waals surface area contributed by atoms with Crippen LogP contribution in [0.25, 0.3) is 0 Å². The summed E-state index contributed by atoms with van der Waals surface area (Å²) < 4.78 is 4.96. The lowest BCUT2D eigenvalue weighted by atomic mass is 10.3. The highest BCUT2D eigenvalue weighted by Crippen LogP contribution is 2.05. The zero-order valence-electron chi connectivity index (χ0n) is 7.30. The van der Waals surface area contributed by atoms with Crippen molar-refractivity contribution in [1.82, 2.24) is 4.90 Å². The fourth-order valence-corrected chi connectivity index (χ4v) is 1.29. The summed E-state index contributed by atoms with van der Waals surface area (Å²) >= 11 is 0. The highest BCUT2D eigenvalue weighted by atomic mass is 79.9. The average Bonchev–Trinajstić information content (AvgIpc) is 2.31. The van der Waals surface area contributed by atoms with Crippen molar-refractivity contribution < 1.29 is 38.7 Å². The Morgan fingerprint density at radius 3 is 2.58 bits per heavy atom. The van der Waals surface area contributed by atoms with Crippen LogP contribution in [-0.4, -0.2) is 44.3 Å². The van der Waals surface area contributed by atoms with E-state index in [-0.39, 0.29) is 34.0 Å². The summed E-state index contributed by atoms with van der Waals surface area (Å²) in [5.74, 6) is 0. The summed E-state index contributed by atoms with van der Waals surface area (Å²) in [6, 6.07) is 0.400. The van der Waals surface area contributed by atoms with Crippen molar-refractivity contribution in [3.8, 4) is 0 Å². The number of likely N-dealkylation sites (tertiary alicyclic amines) is 1. The van der Waals surface area contributed by atoms with Crippen LogP contribution in [0, 0.1) is 0 Å². The maximum Gasteiger partial charge on any atom is 0.0589 e. The molecule has 1 atom stereocenters. The topological polar surface area (TPSA) is 38.5 Å². The molecule has 0 radical (unpaired) electrons. The second-order valence-corrected chi connectivity index (χ2v) is 2.84. The Morgan fingerprint density at radius 1 is 1.50 bits per heavy atom. The highest BCUT2D eigenvalue weighted by Gasteiger charge is 2.17. The standard InChI is InChI=1S/C7H16N2O.2BrH/c1-10-5-4-9-3-2-7(8)6-9;;/h7H,2-6,8H2,1H3;2*1H/p-2.